The van der Waals surface area contributed by atoms with Crippen molar-refractivity contribution in [1.29, 1.82) is 0 Å². The Kier molecular flexibility index (Phi) is 7.58. The van der Waals surface area contributed by atoms with E-state index in [1.54, 1.807) is 40.8 Å². The summed E-state index contributed by atoms with van der Waals surface area (Å²) in [4.78, 5) is 49.1. The fraction of sp³-hybridized carbons (Fsp3) is 0.0800. The molecule has 1 saturated heterocycles. The zero-order valence-electron chi connectivity index (χ0n) is 19.6. The molecule has 4 rings (SSSR count). The lowest BCUT2D eigenvalue weighted by atomic mass is 10.1. The summed E-state index contributed by atoms with van der Waals surface area (Å²) < 4.78 is 50.3. The summed E-state index contributed by atoms with van der Waals surface area (Å²) in [6.07, 6.45) is -3.58. The van der Waals surface area contributed by atoms with Crippen molar-refractivity contribution in [3.63, 3.8) is 0 Å². The number of barbiturate groups is 1. The average molecular weight is 653 g/mol. The first kappa shape index (κ1) is 27.6. The monoisotopic (exact) mass is 653 g/mol. The molecular formula is C25H15F3IN3O7. The number of methoxy groups -OCH3 is 1. The number of carbonyl (C=O) groups excluding carboxylic acids is 3. The Bertz CT molecular complexity index is 1540. The van der Waals surface area contributed by atoms with Crippen LogP contribution in [-0.2, 0) is 15.8 Å². The van der Waals surface area contributed by atoms with Crippen LogP contribution in [0.15, 0.2) is 66.2 Å². The highest BCUT2D eigenvalue weighted by atomic mass is 127. The molecule has 0 atom stereocenters. The maximum absolute atomic E-state index is 13.1. The Morgan fingerprint density at radius 1 is 1.03 bits per heavy atom. The number of halogens is 4. The van der Waals surface area contributed by atoms with Gasteiger partial charge in [0.15, 0.2) is 11.5 Å². The van der Waals surface area contributed by atoms with Crippen molar-refractivity contribution in [2.45, 2.75) is 6.18 Å². The lowest BCUT2D eigenvalue weighted by Gasteiger charge is -2.26. The molecule has 0 spiro atoms. The average Bonchev–Trinajstić information content (AvgIpc) is 2.87. The Labute approximate surface area is 231 Å². The van der Waals surface area contributed by atoms with Crippen LogP contribution in [0.3, 0.4) is 0 Å². The molecule has 0 unspecified atom stereocenters. The van der Waals surface area contributed by atoms with Crippen LogP contribution in [0.25, 0.3) is 6.08 Å². The summed E-state index contributed by atoms with van der Waals surface area (Å²) in [6, 6.07) is 11.7. The Morgan fingerprint density at radius 2 is 1.72 bits per heavy atom. The van der Waals surface area contributed by atoms with E-state index in [1.165, 1.54) is 37.5 Å². The topological polar surface area (TPSA) is 128 Å². The van der Waals surface area contributed by atoms with Crippen LogP contribution < -0.4 is 19.7 Å². The van der Waals surface area contributed by atoms with Crippen LogP contribution in [0.5, 0.6) is 17.2 Å². The second-order valence-corrected chi connectivity index (χ2v) is 9.03. The first-order valence-electron chi connectivity index (χ1n) is 10.8. The number of amides is 4. The quantitative estimate of drug-likeness (QED) is 0.119. The number of carbonyl (C=O) groups is 3. The van der Waals surface area contributed by atoms with Crippen molar-refractivity contribution in [3.8, 4) is 17.2 Å². The molecule has 0 aliphatic carbocycles. The van der Waals surface area contributed by atoms with Crippen LogP contribution in [0, 0.1) is 13.7 Å². The number of rotatable bonds is 6. The summed E-state index contributed by atoms with van der Waals surface area (Å²) in [7, 11) is 1.25. The molecule has 0 bridgehead atoms. The lowest BCUT2D eigenvalue weighted by molar-refractivity contribution is -0.385. The number of hydrogen-bond donors (Lipinski definition) is 1. The zero-order chi connectivity index (χ0) is 28.5. The predicted octanol–water partition coefficient (Wildman–Crippen LogP) is 5.69. The molecule has 3 aromatic carbocycles. The number of urea groups is 1. The molecule has 1 aliphatic rings. The van der Waals surface area contributed by atoms with E-state index in [0.29, 0.717) is 12.1 Å². The molecule has 1 fully saturated rings. The number of benzene rings is 3. The van der Waals surface area contributed by atoms with E-state index >= 15 is 0 Å². The van der Waals surface area contributed by atoms with E-state index in [0.717, 1.165) is 11.0 Å². The van der Waals surface area contributed by atoms with Crippen LogP contribution in [0.4, 0.5) is 29.3 Å². The molecule has 200 valence electrons. The Balaban J connectivity index is 1.72. The molecule has 14 heteroatoms. The van der Waals surface area contributed by atoms with Crippen LogP contribution in [0.1, 0.15) is 11.1 Å². The largest absolute Gasteiger partial charge is 0.493 e. The van der Waals surface area contributed by atoms with Gasteiger partial charge in [-0.2, -0.15) is 13.2 Å². The summed E-state index contributed by atoms with van der Waals surface area (Å²) in [5.41, 5.74) is -1.98. The molecule has 1 N–H and O–H groups in total. The molecule has 10 nitrogen and oxygen atoms in total. The van der Waals surface area contributed by atoms with Crippen LogP contribution >= 0.6 is 22.6 Å². The van der Waals surface area contributed by atoms with Gasteiger partial charge in [-0.25, -0.2) is 9.69 Å². The third kappa shape index (κ3) is 5.69. The van der Waals surface area contributed by atoms with Crippen molar-refractivity contribution in [2.24, 2.45) is 0 Å². The molecule has 0 radical (unpaired) electrons. The summed E-state index contributed by atoms with van der Waals surface area (Å²) in [5.74, 6) is -2.31. The SMILES string of the molecule is COc1cc(/C=C2\C(=O)NC(=O)N(c3ccccc3)C2=O)cc(I)c1Oc1ccc(C(F)(F)F)cc1[N+](=O)[O-]. The molecule has 3 aromatic rings. The third-order valence-corrected chi connectivity index (χ3v) is 6.18. The maximum Gasteiger partial charge on any atom is 0.416 e. The number of anilines is 1. The third-order valence-electron chi connectivity index (χ3n) is 5.37. The second-order valence-electron chi connectivity index (χ2n) is 7.87. The van der Waals surface area contributed by atoms with Gasteiger partial charge in [-0.3, -0.25) is 25.0 Å². The van der Waals surface area contributed by atoms with Crippen LogP contribution in [-0.4, -0.2) is 29.9 Å². The Morgan fingerprint density at radius 3 is 2.33 bits per heavy atom. The van der Waals surface area contributed by atoms with Gasteiger partial charge in [0.25, 0.3) is 11.8 Å². The van der Waals surface area contributed by atoms with Crippen LogP contribution in [0.2, 0.25) is 0 Å². The van der Waals surface area contributed by atoms with Gasteiger partial charge in [-0.05, 0) is 70.6 Å². The first-order valence-corrected chi connectivity index (χ1v) is 11.9. The molecule has 39 heavy (non-hydrogen) atoms. The smallest absolute Gasteiger partial charge is 0.416 e. The van der Waals surface area contributed by atoms with Gasteiger partial charge in [0.2, 0.25) is 5.75 Å². The van der Waals surface area contributed by atoms with E-state index in [2.05, 4.69) is 5.32 Å². The number of nitro groups is 1. The van der Waals surface area contributed by atoms with E-state index in [4.69, 9.17) is 9.47 Å². The van der Waals surface area contributed by atoms with Crippen molar-refractivity contribution < 1.29 is 42.0 Å². The molecule has 1 heterocycles. The zero-order valence-corrected chi connectivity index (χ0v) is 21.8. The number of nitrogens with zero attached hydrogens (tertiary/aromatic N) is 2. The highest BCUT2D eigenvalue weighted by molar-refractivity contribution is 14.1. The number of alkyl halides is 3. The van der Waals surface area contributed by atoms with Gasteiger partial charge in [0, 0.05) is 6.07 Å². The predicted molar refractivity (Wildman–Crippen MR) is 139 cm³/mol. The van der Waals surface area contributed by atoms with Gasteiger partial charge in [0.1, 0.15) is 5.57 Å². The normalized spacial score (nSPS) is 14.8. The molecule has 1 aliphatic heterocycles. The summed E-state index contributed by atoms with van der Waals surface area (Å²) >= 11 is 1.80. The number of nitro benzene ring substituents is 1. The first-order chi connectivity index (χ1) is 18.4. The highest BCUT2D eigenvalue weighted by Gasteiger charge is 2.37. The van der Waals surface area contributed by atoms with Crippen molar-refractivity contribution in [3.05, 3.63) is 91.0 Å². The molecule has 0 saturated carbocycles. The number of imide groups is 2. The number of ether oxygens (including phenoxy) is 2. The fourth-order valence-corrected chi connectivity index (χ4v) is 4.33. The van der Waals surface area contributed by atoms with Gasteiger partial charge >= 0.3 is 17.9 Å². The molecular weight excluding hydrogens is 638 g/mol. The molecule has 0 aromatic heterocycles. The van der Waals surface area contributed by atoms with E-state index in [-0.39, 0.29) is 31.9 Å². The fourth-order valence-electron chi connectivity index (χ4n) is 3.59. The van der Waals surface area contributed by atoms with E-state index in [1.807, 2.05) is 0 Å². The van der Waals surface area contributed by atoms with Crippen molar-refractivity contribution >= 4 is 57.9 Å². The number of para-hydroxylation sites is 1. The minimum absolute atomic E-state index is 0.00241. The van der Waals surface area contributed by atoms with Gasteiger partial charge in [-0.1, -0.05) is 18.2 Å². The van der Waals surface area contributed by atoms with Crippen molar-refractivity contribution in [2.75, 3.05) is 12.0 Å². The minimum Gasteiger partial charge on any atom is -0.493 e. The van der Waals surface area contributed by atoms with Gasteiger partial charge in [0.05, 0.1) is 26.9 Å². The summed E-state index contributed by atoms with van der Waals surface area (Å²) in [5, 5.41) is 13.5. The number of nitrogens with one attached hydrogen (secondary N) is 1. The highest BCUT2D eigenvalue weighted by Crippen LogP contribution is 2.42. The second kappa shape index (κ2) is 10.7. The number of hydrogen-bond acceptors (Lipinski definition) is 7. The summed E-state index contributed by atoms with van der Waals surface area (Å²) in [6.45, 7) is 0. The van der Waals surface area contributed by atoms with Gasteiger partial charge in [-0.15, -0.1) is 0 Å². The maximum atomic E-state index is 13.1. The van der Waals surface area contributed by atoms with Crippen molar-refractivity contribution in [1.82, 2.24) is 5.32 Å². The van der Waals surface area contributed by atoms with E-state index in [9.17, 15) is 37.7 Å². The van der Waals surface area contributed by atoms with Gasteiger partial charge < -0.3 is 9.47 Å². The minimum atomic E-state index is -4.80. The lowest BCUT2D eigenvalue weighted by Crippen LogP contribution is -2.54. The molecule has 4 amide bonds. The van der Waals surface area contributed by atoms with E-state index < -0.39 is 45.9 Å². The Hall–Kier alpha value is -4.47. The standard InChI is InChI=1S/C25H15F3IN3O7/c1-38-20-11-13(9-16-22(33)30-24(35)31(23(16)34)15-5-3-2-4-6-15)10-17(29)21(20)39-19-8-7-14(25(26,27)28)12-18(19)32(36)37/h2-12H,1H3,(H,30,33,35)/b16-9+.